The Morgan fingerprint density at radius 3 is 2.26 bits per heavy atom. The Hall–Kier alpha value is -5.72. The Labute approximate surface area is 340 Å². The predicted octanol–water partition coefficient (Wildman–Crippen LogP) is 7.47. The molecule has 5 aromatic carbocycles. The van der Waals surface area contributed by atoms with Crippen molar-refractivity contribution in [2.24, 2.45) is 0 Å². The van der Waals surface area contributed by atoms with Crippen molar-refractivity contribution in [3.63, 3.8) is 0 Å². The van der Waals surface area contributed by atoms with E-state index in [1.165, 1.54) is 11.1 Å². The maximum atomic E-state index is 12.6. The van der Waals surface area contributed by atoms with Crippen LogP contribution in [0.4, 0.5) is 11.4 Å². The fraction of sp³-hybridized carbons (Fsp3) is 0.319. The highest BCUT2D eigenvalue weighted by molar-refractivity contribution is 5.94. The molecule has 2 heterocycles. The van der Waals surface area contributed by atoms with Gasteiger partial charge in [-0.05, 0) is 82.1 Å². The minimum atomic E-state index is -0.569. The summed E-state index contributed by atoms with van der Waals surface area (Å²) in [7, 11) is 3.33. The normalized spacial score (nSPS) is 17.9. The number of aliphatic hydroxyl groups excluding tert-OH is 1. The van der Waals surface area contributed by atoms with Crippen molar-refractivity contribution < 1.29 is 33.6 Å². The number of nitrogens with one attached hydrogen (secondary N) is 2. The molecule has 7 rings (SSSR count). The first-order chi connectivity index (χ1) is 28.3. The van der Waals surface area contributed by atoms with Crippen LogP contribution in [0.1, 0.15) is 71.5 Å². The minimum Gasteiger partial charge on any atom is -0.493 e. The second kappa shape index (κ2) is 19.1. The maximum absolute atomic E-state index is 12.6. The van der Waals surface area contributed by atoms with E-state index in [1.807, 2.05) is 48.5 Å². The third-order valence-corrected chi connectivity index (χ3v) is 10.8. The molecule has 11 nitrogen and oxygen atoms in total. The second-order valence-corrected chi connectivity index (χ2v) is 14.9. The number of methoxy groups -OCH3 is 2. The Morgan fingerprint density at radius 1 is 0.793 bits per heavy atom. The average Bonchev–Trinajstić information content (AvgIpc) is 3.26. The molecule has 302 valence electrons. The van der Waals surface area contributed by atoms with Gasteiger partial charge in [-0.1, -0.05) is 78.9 Å². The Bertz CT molecular complexity index is 2180. The predicted molar refractivity (Wildman–Crippen MR) is 224 cm³/mol. The van der Waals surface area contributed by atoms with Crippen LogP contribution in [0.2, 0.25) is 0 Å². The van der Waals surface area contributed by atoms with E-state index in [2.05, 4.69) is 64.1 Å². The van der Waals surface area contributed by atoms with Gasteiger partial charge in [0.25, 0.3) is 0 Å². The lowest BCUT2D eigenvalue weighted by Gasteiger charge is -2.39. The number of aliphatic hydroxyl groups is 1. The van der Waals surface area contributed by atoms with Crippen LogP contribution in [-0.4, -0.2) is 55.2 Å². The zero-order chi connectivity index (χ0) is 40.4. The van der Waals surface area contributed by atoms with Crippen molar-refractivity contribution in [3.05, 3.63) is 143 Å². The molecule has 0 unspecified atom stereocenters. The second-order valence-electron chi connectivity index (χ2n) is 14.9. The quantitative estimate of drug-likeness (QED) is 0.0795. The lowest BCUT2D eigenvalue weighted by Crippen LogP contribution is -2.41. The highest BCUT2D eigenvalue weighted by Gasteiger charge is 2.34. The number of rotatable bonds is 15. The summed E-state index contributed by atoms with van der Waals surface area (Å²) in [5.41, 5.74) is 15.4. The molecular weight excluding hydrogens is 733 g/mol. The number of carbonyl (C=O) groups excluding carboxylic acids is 2. The molecule has 0 radical (unpaired) electrons. The van der Waals surface area contributed by atoms with Crippen LogP contribution in [0.3, 0.4) is 0 Å². The number of nitrogens with two attached hydrogens (primary N) is 1. The molecule has 3 atom stereocenters. The third-order valence-electron chi connectivity index (χ3n) is 10.8. The fourth-order valence-electron chi connectivity index (χ4n) is 7.63. The molecule has 2 amide bonds. The number of carbonyl (C=O) groups is 2. The number of ether oxygens (including phenoxy) is 4. The molecule has 0 aliphatic carbocycles. The van der Waals surface area contributed by atoms with Crippen LogP contribution in [-0.2, 0) is 45.2 Å². The first-order valence-corrected chi connectivity index (χ1v) is 19.9. The molecule has 2 aliphatic rings. The number of anilines is 2. The van der Waals surface area contributed by atoms with Crippen molar-refractivity contribution >= 4 is 23.2 Å². The summed E-state index contributed by atoms with van der Waals surface area (Å²) in [5, 5.41) is 15.4. The lowest BCUT2D eigenvalue weighted by molar-refractivity contribution is -0.253. The topological polar surface area (TPSA) is 145 Å². The van der Waals surface area contributed by atoms with Crippen molar-refractivity contribution in [2.45, 2.75) is 70.3 Å². The standard InChI is InChI=1S/C47H52N4O7/c1-55-43-24-37-21-22-51(28-38(37)25-44(43)56-2)29-39-26-42(34-15-13-31(30-52)14-16-34)58-47(57-39)35-19-17-33(18-20-35)36-8-5-7-32(23-36)27-49-45(53)11-6-12-46(54)50-41-10-4-3-9-40(41)48/h3-5,7-10,13-20,23-25,39,42,47,52H,6,11-12,21-22,26-30,48H2,1-2H3,(H,49,53)(H,50,54)/t39-,42+,47+/m1/s1. The average molecular weight is 785 g/mol. The van der Waals surface area contributed by atoms with Gasteiger partial charge in [-0.15, -0.1) is 0 Å². The summed E-state index contributed by atoms with van der Waals surface area (Å²) in [4.78, 5) is 27.4. The van der Waals surface area contributed by atoms with Gasteiger partial charge in [0.1, 0.15) is 0 Å². The Kier molecular flexibility index (Phi) is 13.4. The zero-order valence-electron chi connectivity index (χ0n) is 33.1. The molecule has 5 N–H and O–H groups in total. The van der Waals surface area contributed by atoms with Gasteiger partial charge in [0, 0.05) is 51.0 Å². The Morgan fingerprint density at radius 2 is 1.52 bits per heavy atom. The summed E-state index contributed by atoms with van der Waals surface area (Å²) in [6.07, 6.45) is 1.68. The summed E-state index contributed by atoms with van der Waals surface area (Å²) in [6.45, 7) is 2.82. The molecule has 58 heavy (non-hydrogen) atoms. The van der Waals surface area contributed by atoms with Gasteiger partial charge in [0.05, 0.1) is 44.4 Å². The Balaban J connectivity index is 0.971. The molecule has 0 spiro atoms. The van der Waals surface area contributed by atoms with Crippen LogP contribution >= 0.6 is 0 Å². The van der Waals surface area contributed by atoms with E-state index in [-0.39, 0.29) is 43.5 Å². The van der Waals surface area contributed by atoms with Crippen LogP contribution in [0.5, 0.6) is 11.5 Å². The van der Waals surface area contributed by atoms with Gasteiger partial charge in [0.15, 0.2) is 17.8 Å². The summed E-state index contributed by atoms with van der Waals surface area (Å²) in [6, 6.07) is 35.6. The summed E-state index contributed by atoms with van der Waals surface area (Å²) < 4.78 is 24.5. The molecule has 0 aromatic heterocycles. The van der Waals surface area contributed by atoms with Crippen LogP contribution in [0.25, 0.3) is 11.1 Å². The number of amides is 2. The molecule has 2 aliphatic heterocycles. The van der Waals surface area contributed by atoms with Gasteiger partial charge < -0.3 is 40.4 Å². The van der Waals surface area contributed by atoms with E-state index < -0.39 is 6.29 Å². The number of para-hydroxylation sites is 2. The van der Waals surface area contributed by atoms with Crippen LogP contribution < -0.4 is 25.8 Å². The SMILES string of the molecule is COc1cc2c(cc1OC)CN(C[C@H]1C[C@@H](c3ccc(CO)cc3)O[C@@H](c3ccc(-c4cccc(CNC(=O)CCCC(=O)Nc5ccccc5N)c4)cc3)O1)CC2. The van der Waals surface area contributed by atoms with Crippen LogP contribution in [0.15, 0.2) is 109 Å². The van der Waals surface area contributed by atoms with Gasteiger partial charge in [-0.25, -0.2) is 0 Å². The van der Waals surface area contributed by atoms with Gasteiger partial charge >= 0.3 is 0 Å². The van der Waals surface area contributed by atoms with E-state index in [0.717, 1.165) is 70.9 Å². The monoisotopic (exact) mass is 784 g/mol. The van der Waals surface area contributed by atoms with E-state index in [0.29, 0.717) is 30.8 Å². The summed E-state index contributed by atoms with van der Waals surface area (Å²) in [5.74, 6) is 1.21. The number of benzene rings is 5. The number of fused-ring (bicyclic) bond motifs is 1. The smallest absolute Gasteiger partial charge is 0.224 e. The first-order valence-electron chi connectivity index (χ1n) is 19.9. The highest BCUT2D eigenvalue weighted by Crippen LogP contribution is 2.40. The molecule has 1 fully saturated rings. The van der Waals surface area contributed by atoms with Crippen molar-refractivity contribution in [2.75, 3.05) is 38.4 Å². The largest absolute Gasteiger partial charge is 0.493 e. The zero-order valence-corrected chi connectivity index (χ0v) is 33.1. The van der Waals surface area contributed by atoms with Gasteiger partial charge in [0.2, 0.25) is 11.8 Å². The molecule has 5 aromatic rings. The maximum Gasteiger partial charge on any atom is 0.224 e. The molecular formula is C47H52N4O7. The fourth-order valence-corrected chi connectivity index (χ4v) is 7.63. The minimum absolute atomic E-state index is 0.00879. The number of nitrogen functional groups attached to an aromatic ring is 1. The van der Waals surface area contributed by atoms with Crippen LogP contribution in [0, 0.1) is 0 Å². The van der Waals surface area contributed by atoms with E-state index in [4.69, 9.17) is 24.7 Å². The van der Waals surface area contributed by atoms with Gasteiger partial charge in [-0.2, -0.15) is 0 Å². The summed E-state index contributed by atoms with van der Waals surface area (Å²) >= 11 is 0. The number of hydrogen-bond donors (Lipinski definition) is 4. The number of hydrogen-bond acceptors (Lipinski definition) is 9. The van der Waals surface area contributed by atoms with Crippen molar-refractivity contribution in [3.8, 4) is 22.6 Å². The van der Waals surface area contributed by atoms with E-state index in [1.54, 1.807) is 26.4 Å². The van der Waals surface area contributed by atoms with Gasteiger partial charge in [-0.3, -0.25) is 14.5 Å². The van der Waals surface area contributed by atoms with Crippen molar-refractivity contribution in [1.29, 1.82) is 0 Å². The van der Waals surface area contributed by atoms with E-state index >= 15 is 0 Å². The first kappa shape index (κ1) is 40.5. The number of nitrogens with zero attached hydrogens (tertiary/aromatic N) is 1. The lowest BCUT2D eigenvalue weighted by atomic mass is 9.96. The molecule has 11 heteroatoms. The molecule has 0 saturated carbocycles. The molecule has 0 bridgehead atoms. The third kappa shape index (κ3) is 10.2. The highest BCUT2D eigenvalue weighted by atomic mass is 16.7. The van der Waals surface area contributed by atoms with Crippen molar-refractivity contribution in [1.82, 2.24) is 10.2 Å². The molecule has 1 saturated heterocycles. The van der Waals surface area contributed by atoms with E-state index in [9.17, 15) is 14.7 Å².